The van der Waals surface area contributed by atoms with Crippen molar-refractivity contribution in [3.63, 3.8) is 0 Å². The Morgan fingerprint density at radius 3 is 1.85 bits per heavy atom. The fourth-order valence-corrected chi connectivity index (χ4v) is 2.69. The molecule has 20 heavy (non-hydrogen) atoms. The predicted octanol–water partition coefficient (Wildman–Crippen LogP) is 4.77. The zero-order valence-corrected chi connectivity index (χ0v) is 13.2. The van der Waals surface area contributed by atoms with Gasteiger partial charge in [-0.15, -0.1) is 0 Å². The molecule has 104 valence electrons. The summed E-state index contributed by atoms with van der Waals surface area (Å²) in [6.45, 7) is 12.3. The molecule has 0 bridgehead atoms. The largest absolute Gasteiger partial charge is 0.289 e. The summed E-state index contributed by atoms with van der Waals surface area (Å²) in [7, 11) is 0. The molecule has 0 saturated carbocycles. The summed E-state index contributed by atoms with van der Waals surface area (Å²) < 4.78 is 0. The van der Waals surface area contributed by atoms with Gasteiger partial charge in [0.1, 0.15) is 0 Å². The molecular weight excluding hydrogens is 244 g/mol. The van der Waals surface area contributed by atoms with Gasteiger partial charge in [-0.05, 0) is 74.9 Å². The highest BCUT2D eigenvalue weighted by Gasteiger charge is 2.19. The van der Waals surface area contributed by atoms with Gasteiger partial charge in [0.05, 0.1) is 0 Å². The van der Waals surface area contributed by atoms with Gasteiger partial charge in [-0.3, -0.25) is 4.79 Å². The molecule has 1 heteroatoms. The predicted molar refractivity (Wildman–Crippen MR) is 84.7 cm³/mol. The fourth-order valence-electron chi connectivity index (χ4n) is 2.69. The minimum Gasteiger partial charge on any atom is -0.289 e. The van der Waals surface area contributed by atoms with Gasteiger partial charge in [-0.1, -0.05) is 24.3 Å². The van der Waals surface area contributed by atoms with Crippen molar-refractivity contribution < 1.29 is 4.79 Å². The zero-order chi connectivity index (χ0) is 15.0. The van der Waals surface area contributed by atoms with Gasteiger partial charge in [-0.2, -0.15) is 0 Å². The summed E-state index contributed by atoms with van der Waals surface area (Å²) in [4.78, 5) is 13.0. The molecule has 0 atom stereocenters. The van der Waals surface area contributed by atoms with Gasteiger partial charge in [0.2, 0.25) is 0 Å². The summed E-state index contributed by atoms with van der Waals surface area (Å²) in [5.74, 6) is 0.146. The van der Waals surface area contributed by atoms with Crippen LogP contribution in [0, 0.1) is 41.5 Å². The van der Waals surface area contributed by atoms with Crippen molar-refractivity contribution in [1.29, 1.82) is 0 Å². The van der Waals surface area contributed by atoms with Crippen molar-refractivity contribution in [2.24, 2.45) is 0 Å². The number of carbonyl (C=O) groups is 1. The lowest BCUT2D eigenvalue weighted by Gasteiger charge is -2.16. The number of hydrogen-bond acceptors (Lipinski definition) is 1. The lowest BCUT2D eigenvalue weighted by molar-refractivity contribution is 0.103. The van der Waals surface area contributed by atoms with Crippen molar-refractivity contribution in [3.05, 3.63) is 68.8 Å². The normalized spacial score (nSPS) is 10.7. The molecule has 2 aromatic carbocycles. The lowest BCUT2D eigenvalue weighted by atomic mass is 9.87. The standard InChI is InChI=1S/C19H22O/c1-11-8-7-9-17(14(11)4)19(20)18-15(5)12(2)10-13(3)16(18)6/h7-10H,1-6H3. The number of ketones is 1. The quantitative estimate of drug-likeness (QED) is 0.716. The molecule has 2 rings (SSSR count). The molecule has 1 nitrogen and oxygen atoms in total. The maximum absolute atomic E-state index is 13.0. The molecule has 0 unspecified atom stereocenters. The third kappa shape index (κ3) is 2.29. The van der Waals surface area contributed by atoms with E-state index in [-0.39, 0.29) is 5.78 Å². The first-order valence-corrected chi connectivity index (χ1v) is 7.03. The number of benzene rings is 2. The molecule has 0 spiro atoms. The van der Waals surface area contributed by atoms with Crippen molar-refractivity contribution in [3.8, 4) is 0 Å². The van der Waals surface area contributed by atoms with Gasteiger partial charge in [-0.25, -0.2) is 0 Å². The Morgan fingerprint density at radius 1 is 0.750 bits per heavy atom. The van der Waals surface area contributed by atoms with Crippen LogP contribution in [0.3, 0.4) is 0 Å². The third-order valence-electron chi connectivity index (χ3n) is 4.44. The highest BCUT2D eigenvalue weighted by Crippen LogP contribution is 2.26. The minimum atomic E-state index is 0.146. The molecule has 0 N–H and O–H groups in total. The monoisotopic (exact) mass is 266 g/mol. The van der Waals surface area contributed by atoms with Gasteiger partial charge >= 0.3 is 0 Å². The highest BCUT2D eigenvalue weighted by atomic mass is 16.1. The minimum absolute atomic E-state index is 0.146. The van der Waals surface area contributed by atoms with Crippen molar-refractivity contribution >= 4 is 5.78 Å². The van der Waals surface area contributed by atoms with Crippen molar-refractivity contribution in [2.75, 3.05) is 0 Å². The van der Waals surface area contributed by atoms with E-state index < -0.39 is 0 Å². The van der Waals surface area contributed by atoms with E-state index in [1.165, 1.54) is 11.1 Å². The Kier molecular flexibility index (Phi) is 3.80. The molecular formula is C19H22O. The van der Waals surface area contributed by atoms with Crippen LogP contribution in [-0.4, -0.2) is 5.78 Å². The average molecular weight is 266 g/mol. The molecule has 0 heterocycles. The highest BCUT2D eigenvalue weighted by molar-refractivity contribution is 6.12. The van der Waals surface area contributed by atoms with E-state index >= 15 is 0 Å². The van der Waals surface area contributed by atoms with Crippen LogP contribution in [-0.2, 0) is 0 Å². The number of hydrogen-bond donors (Lipinski definition) is 0. The van der Waals surface area contributed by atoms with Crippen LogP contribution in [0.5, 0.6) is 0 Å². The van der Waals surface area contributed by atoms with Gasteiger partial charge in [0, 0.05) is 11.1 Å². The maximum Gasteiger partial charge on any atom is 0.193 e. The van der Waals surface area contributed by atoms with E-state index in [0.717, 1.165) is 33.4 Å². The summed E-state index contributed by atoms with van der Waals surface area (Å²) in [6.07, 6.45) is 0. The van der Waals surface area contributed by atoms with E-state index in [0.29, 0.717) is 0 Å². The Morgan fingerprint density at radius 2 is 1.30 bits per heavy atom. The Bertz CT molecular complexity index is 667. The first-order chi connectivity index (χ1) is 9.34. The van der Waals surface area contributed by atoms with E-state index in [1.54, 1.807) is 0 Å². The third-order valence-corrected chi connectivity index (χ3v) is 4.44. The van der Waals surface area contributed by atoms with E-state index in [4.69, 9.17) is 0 Å². The number of aryl methyl sites for hydroxylation is 3. The average Bonchev–Trinajstić information content (AvgIpc) is 2.40. The van der Waals surface area contributed by atoms with Crippen molar-refractivity contribution in [2.45, 2.75) is 41.5 Å². The topological polar surface area (TPSA) is 17.1 Å². The fraction of sp³-hybridized carbons (Fsp3) is 0.316. The van der Waals surface area contributed by atoms with Crippen LogP contribution in [0.15, 0.2) is 24.3 Å². The van der Waals surface area contributed by atoms with Crippen LogP contribution >= 0.6 is 0 Å². The molecule has 0 aromatic heterocycles. The Balaban J connectivity index is 2.69. The molecule has 0 aliphatic heterocycles. The van der Waals surface area contributed by atoms with Gasteiger partial charge in [0.15, 0.2) is 5.78 Å². The molecule has 0 aliphatic carbocycles. The summed E-state index contributed by atoms with van der Waals surface area (Å²) in [5.41, 5.74) is 8.49. The Labute approximate surface area is 121 Å². The lowest BCUT2D eigenvalue weighted by Crippen LogP contribution is -2.10. The SMILES string of the molecule is Cc1cccc(C(=O)c2c(C)c(C)cc(C)c2C)c1C. The smallest absolute Gasteiger partial charge is 0.193 e. The van der Waals surface area contributed by atoms with Crippen LogP contribution in [0.2, 0.25) is 0 Å². The molecule has 0 fully saturated rings. The summed E-state index contributed by atoms with van der Waals surface area (Å²) >= 11 is 0. The second-order valence-corrected chi connectivity index (χ2v) is 5.71. The van der Waals surface area contributed by atoms with Gasteiger partial charge in [0.25, 0.3) is 0 Å². The number of carbonyl (C=O) groups excluding carboxylic acids is 1. The molecule has 0 aliphatic rings. The van der Waals surface area contributed by atoms with Gasteiger partial charge < -0.3 is 0 Å². The summed E-state index contributed by atoms with van der Waals surface area (Å²) in [5, 5.41) is 0. The summed E-state index contributed by atoms with van der Waals surface area (Å²) in [6, 6.07) is 8.10. The second-order valence-electron chi connectivity index (χ2n) is 5.71. The molecule has 0 saturated heterocycles. The van der Waals surface area contributed by atoms with Crippen LogP contribution in [0.1, 0.15) is 49.3 Å². The second kappa shape index (κ2) is 5.24. The number of rotatable bonds is 2. The van der Waals surface area contributed by atoms with Crippen LogP contribution < -0.4 is 0 Å². The molecule has 0 amide bonds. The first kappa shape index (κ1) is 14.5. The van der Waals surface area contributed by atoms with Crippen LogP contribution in [0.25, 0.3) is 0 Å². The first-order valence-electron chi connectivity index (χ1n) is 7.03. The Hall–Kier alpha value is -1.89. The van der Waals surface area contributed by atoms with E-state index in [2.05, 4.69) is 19.9 Å². The molecule has 2 aromatic rings. The van der Waals surface area contributed by atoms with Crippen LogP contribution in [0.4, 0.5) is 0 Å². The molecule has 0 radical (unpaired) electrons. The zero-order valence-electron chi connectivity index (χ0n) is 13.2. The van der Waals surface area contributed by atoms with E-state index in [1.807, 2.05) is 45.9 Å². The van der Waals surface area contributed by atoms with Crippen molar-refractivity contribution in [1.82, 2.24) is 0 Å². The maximum atomic E-state index is 13.0. The van der Waals surface area contributed by atoms with E-state index in [9.17, 15) is 4.79 Å².